The summed E-state index contributed by atoms with van der Waals surface area (Å²) in [5.74, 6) is -0.0670. The van der Waals surface area contributed by atoms with E-state index in [1.54, 1.807) is 16.4 Å². The number of sulfonamides is 1. The van der Waals surface area contributed by atoms with E-state index in [-0.39, 0.29) is 16.7 Å². The highest BCUT2D eigenvalue weighted by atomic mass is 32.2. The average molecular weight is 415 g/mol. The van der Waals surface area contributed by atoms with Crippen LogP contribution in [0.1, 0.15) is 60.0 Å². The minimum Gasteiger partial charge on any atom is -0.351 e. The van der Waals surface area contributed by atoms with E-state index in [0.717, 1.165) is 36.8 Å². The van der Waals surface area contributed by atoms with Crippen molar-refractivity contribution in [3.8, 4) is 0 Å². The summed E-state index contributed by atoms with van der Waals surface area (Å²) in [5.41, 5.74) is 2.34. The lowest BCUT2D eigenvalue weighted by Crippen LogP contribution is -2.32. The summed E-state index contributed by atoms with van der Waals surface area (Å²) in [4.78, 5) is 13.0. The second kappa shape index (κ2) is 9.55. The Hall–Kier alpha value is -2.18. The number of nitrogens with one attached hydrogen (secondary N) is 1. The van der Waals surface area contributed by atoms with Gasteiger partial charge in [-0.05, 0) is 48.9 Å². The molecule has 1 atom stereocenters. The highest BCUT2D eigenvalue weighted by Gasteiger charge is 2.26. The molecule has 29 heavy (non-hydrogen) atoms. The van der Waals surface area contributed by atoms with Gasteiger partial charge in [-0.1, -0.05) is 56.2 Å². The molecule has 0 aromatic heterocycles. The second-order valence-corrected chi connectivity index (χ2v) is 9.75. The molecule has 1 amide bonds. The highest BCUT2D eigenvalue weighted by molar-refractivity contribution is 7.89. The summed E-state index contributed by atoms with van der Waals surface area (Å²) in [7, 11) is -3.58. The molecular weight excluding hydrogens is 384 g/mol. The van der Waals surface area contributed by atoms with E-state index in [2.05, 4.69) is 12.2 Å². The number of hydrogen-bond donors (Lipinski definition) is 1. The molecule has 1 aliphatic rings. The van der Waals surface area contributed by atoms with Crippen LogP contribution in [-0.4, -0.2) is 38.3 Å². The van der Waals surface area contributed by atoms with Crippen LogP contribution < -0.4 is 5.32 Å². The van der Waals surface area contributed by atoms with Crippen molar-refractivity contribution in [3.63, 3.8) is 0 Å². The Balaban J connectivity index is 1.75. The number of carbonyl (C=O) groups excluding carboxylic acids is 1. The van der Waals surface area contributed by atoms with Crippen LogP contribution in [0.3, 0.4) is 0 Å². The molecule has 2 aromatic carbocycles. The highest BCUT2D eigenvalue weighted by Crippen LogP contribution is 2.23. The number of hydrogen-bond acceptors (Lipinski definition) is 3. The number of benzene rings is 2. The van der Waals surface area contributed by atoms with Gasteiger partial charge < -0.3 is 5.32 Å². The summed E-state index contributed by atoms with van der Waals surface area (Å²) in [5, 5.41) is 2.96. The van der Waals surface area contributed by atoms with Gasteiger partial charge in [0.2, 0.25) is 10.0 Å². The van der Waals surface area contributed by atoms with E-state index < -0.39 is 10.0 Å². The van der Waals surface area contributed by atoms with E-state index in [1.807, 2.05) is 37.3 Å². The smallest absolute Gasteiger partial charge is 0.251 e. The first-order valence-electron chi connectivity index (χ1n) is 10.3. The van der Waals surface area contributed by atoms with Gasteiger partial charge in [0.25, 0.3) is 5.91 Å². The topological polar surface area (TPSA) is 66.5 Å². The van der Waals surface area contributed by atoms with Gasteiger partial charge in [-0.25, -0.2) is 8.42 Å². The van der Waals surface area contributed by atoms with Crippen molar-refractivity contribution >= 4 is 15.9 Å². The molecule has 0 spiro atoms. The molecule has 156 valence electrons. The molecule has 0 saturated carbocycles. The number of rotatable bonds is 6. The number of amides is 1. The van der Waals surface area contributed by atoms with Crippen LogP contribution in [-0.2, 0) is 10.0 Å². The summed E-state index contributed by atoms with van der Waals surface area (Å²) in [6.45, 7) is 5.48. The standard InChI is InChI=1S/C23H30N2O3S/c1-18-12-13-21(29(27,28)25-14-8-3-4-9-15-25)16-22(18)23(26)24-17-19(2)20-10-6-5-7-11-20/h5-7,10-13,16,19H,3-4,8-9,14-15,17H2,1-2H3,(H,24,26). The van der Waals surface area contributed by atoms with Gasteiger partial charge in [0.1, 0.15) is 0 Å². The van der Waals surface area contributed by atoms with Gasteiger partial charge in [-0.3, -0.25) is 4.79 Å². The summed E-state index contributed by atoms with van der Waals surface area (Å²) >= 11 is 0. The lowest BCUT2D eigenvalue weighted by molar-refractivity contribution is 0.0951. The zero-order valence-corrected chi connectivity index (χ0v) is 18.0. The zero-order chi connectivity index (χ0) is 20.9. The Morgan fingerprint density at radius 1 is 1.03 bits per heavy atom. The Kier molecular flexibility index (Phi) is 7.09. The van der Waals surface area contributed by atoms with Crippen molar-refractivity contribution in [1.82, 2.24) is 9.62 Å². The first kappa shape index (κ1) is 21.5. The maximum absolute atomic E-state index is 13.1. The number of aryl methyl sites for hydroxylation is 1. The van der Waals surface area contributed by atoms with E-state index in [4.69, 9.17) is 0 Å². The van der Waals surface area contributed by atoms with Crippen molar-refractivity contribution < 1.29 is 13.2 Å². The minimum atomic E-state index is -3.58. The Labute approximate surface area is 174 Å². The van der Waals surface area contributed by atoms with E-state index in [0.29, 0.717) is 25.2 Å². The Bertz CT molecular complexity index is 934. The largest absolute Gasteiger partial charge is 0.351 e. The maximum Gasteiger partial charge on any atom is 0.251 e. The van der Waals surface area contributed by atoms with Crippen LogP contribution >= 0.6 is 0 Å². The predicted octanol–water partition coefficient (Wildman–Crippen LogP) is 4.09. The van der Waals surface area contributed by atoms with Crippen LogP contribution in [0.5, 0.6) is 0 Å². The molecule has 1 unspecified atom stereocenters. The summed E-state index contributed by atoms with van der Waals surface area (Å²) < 4.78 is 27.7. The normalized spacial score (nSPS) is 16.8. The van der Waals surface area contributed by atoms with Crippen molar-refractivity contribution in [3.05, 3.63) is 65.2 Å². The third kappa shape index (κ3) is 5.25. The van der Waals surface area contributed by atoms with Crippen molar-refractivity contribution in [2.45, 2.75) is 50.3 Å². The molecule has 3 rings (SSSR count). The molecule has 1 heterocycles. The zero-order valence-electron chi connectivity index (χ0n) is 17.2. The third-order valence-corrected chi connectivity index (χ3v) is 7.49. The summed E-state index contributed by atoms with van der Waals surface area (Å²) in [6, 6.07) is 14.9. The molecule has 5 nitrogen and oxygen atoms in total. The van der Waals surface area contributed by atoms with Crippen LogP contribution in [0.25, 0.3) is 0 Å². The molecule has 1 N–H and O–H groups in total. The first-order valence-corrected chi connectivity index (χ1v) is 11.8. The maximum atomic E-state index is 13.1. The van der Waals surface area contributed by atoms with E-state index in [1.165, 1.54) is 6.07 Å². The molecule has 2 aromatic rings. The molecular formula is C23H30N2O3S. The van der Waals surface area contributed by atoms with Crippen LogP contribution in [0, 0.1) is 6.92 Å². The van der Waals surface area contributed by atoms with Gasteiger partial charge in [0.15, 0.2) is 0 Å². The minimum absolute atomic E-state index is 0.171. The SMILES string of the molecule is Cc1ccc(S(=O)(=O)N2CCCCCC2)cc1C(=O)NCC(C)c1ccccc1. The quantitative estimate of drug-likeness (QED) is 0.774. The van der Waals surface area contributed by atoms with Gasteiger partial charge in [-0.2, -0.15) is 4.31 Å². The van der Waals surface area contributed by atoms with Crippen molar-refractivity contribution in [1.29, 1.82) is 0 Å². The molecule has 1 fully saturated rings. The molecule has 6 heteroatoms. The van der Waals surface area contributed by atoms with E-state index >= 15 is 0 Å². The van der Waals surface area contributed by atoms with Gasteiger partial charge in [-0.15, -0.1) is 0 Å². The molecule has 1 saturated heterocycles. The number of carbonyl (C=O) groups is 1. The molecule has 0 bridgehead atoms. The van der Waals surface area contributed by atoms with Crippen molar-refractivity contribution in [2.24, 2.45) is 0 Å². The van der Waals surface area contributed by atoms with Gasteiger partial charge in [0.05, 0.1) is 4.90 Å². The monoisotopic (exact) mass is 414 g/mol. The second-order valence-electron chi connectivity index (χ2n) is 7.82. The fourth-order valence-electron chi connectivity index (χ4n) is 3.68. The average Bonchev–Trinajstić information content (AvgIpc) is 3.03. The molecule has 0 radical (unpaired) electrons. The van der Waals surface area contributed by atoms with Crippen molar-refractivity contribution in [2.75, 3.05) is 19.6 Å². The predicted molar refractivity (Wildman–Crippen MR) is 116 cm³/mol. The Morgan fingerprint density at radius 3 is 2.34 bits per heavy atom. The lowest BCUT2D eigenvalue weighted by atomic mass is 10.0. The third-order valence-electron chi connectivity index (χ3n) is 5.59. The van der Waals surface area contributed by atoms with Crippen LogP contribution in [0.4, 0.5) is 0 Å². The van der Waals surface area contributed by atoms with Gasteiger partial charge >= 0.3 is 0 Å². The lowest BCUT2D eigenvalue weighted by Gasteiger charge is -2.21. The molecule has 1 aliphatic heterocycles. The fraction of sp³-hybridized carbons (Fsp3) is 0.435. The molecule has 0 aliphatic carbocycles. The van der Waals surface area contributed by atoms with E-state index in [9.17, 15) is 13.2 Å². The summed E-state index contributed by atoms with van der Waals surface area (Å²) in [6.07, 6.45) is 3.89. The first-order chi connectivity index (χ1) is 13.9. The van der Waals surface area contributed by atoms with Gasteiger partial charge in [0, 0.05) is 25.2 Å². The fourth-order valence-corrected chi connectivity index (χ4v) is 5.22. The Morgan fingerprint density at radius 2 is 1.69 bits per heavy atom. The van der Waals surface area contributed by atoms with Crippen LogP contribution in [0.2, 0.25) is 0 Å². The number of nitrogens with zero attached hydrogens (tertiary/aromatic N) is 1. The van der Waals surface area contributed by atoms with Crippen LogP contribution in [0.15, 0.2) is 53.4 Å².